The molecule has 1 aliphatic rings. The molecule has 0 saturated carbocycles. The van der Waals surface area contributed by atoms with Crippen molar-refractivity contribution < 1.29 is 22.6 Å². The zero-order valence-electron chi connectivity index (χ0n) is 20.0. The molecule has 0 N–H and O–H groups in total. The number of rotatable bonds is 9. The second-order valence-electron chi connectivity index (χ2n) is 9.05. The Morgan fingerprint density at radius 3 is 2.23 bits per heavy atom. The van der Waals surface area contributed by atoms with Crippen LogP contribution in [0.4, 0.5) is 13.2 Å². The molecule has 0 aromatic heterocycles. The molecule has 0 unspecified atom stereocenters. The van der Waals surface area contributed by atoms with E-state index in [1.54, 1.807) is 42.5 Å². The van der Waals surface area contributed by atoms with Crippen LogP contribution in [0.5, 0.6) is 0 Å². The minimum atomic E-state index is -0.832. The van der Waals surface area contributed by atoms with Crippen LogP contribution in [0.3, 0.4) is 0 Å². The summed E-state index contributed by atoms with van der Waals surface area (Å²) in [7, 11) is 0. The molecule has 0 bridgehead atoms. The number of ether oxygens (including phenoxy) is 2. The van der Waals surface area contributed by atoms with E-state index in [2.05, 4.69) is 6.58 Å². The van der Waals surface area contributed by atoms with Crippen LogP contribution in [0.15, 0.2) is 67.3 Å². The lowest BCUT2D eigenvalue weighted by Crippen LogP contribution is -2.27. The lowest BCUT2D eigenvalue weighted by atomic mass is 9.97. The number of hydrogen-bond acceptors (Lipinski definition) is 2. The fourth-order valence-electron chi connectivity index (χ4n) is 4.36. The first-order valence-corrected chi connectivity index (χ1v) is 12.2. The van der Waals surface area contributed by atoms with Crippen LogP contribution in [0.25, 0.3) is 22.3 Å². The lowest BCUT2D eigenvalue weighted by molar-refractivity contribution is -0.207. The average molecular weight is 481 g/mol. The van der Waals surface area contributed by atoms with Crippen molar-refractivity contribution in [3.8, 4) is 22.3 Å². The van der Waals surface area contributed by atoms with Gasteiger partial charge in [-0.15, -0.1) is 6.58 Å². The normalized spacial score (nSPS) is 17.9. The highest BCUT2D eigenvalue weighted by atomic mass is 19.2. The minimum Gasteiger partial charge on any atom is -0.348 e. The van der Waals surface area contributed by atoms with Crippen LogP contribution in [0.2, 0.25) is 0 Å². The molecule has 1 aliphatic heterocycles. The van der Waals surface area contributed by atoms with E-state index in [9.17, 15) is 13.2 Å². The van der Waals surface area contributed by atoms with Gasteiger partial charge in [0.2, 0.25) is 0 Å². The molecule has 0 aliphatic carbocycles. The highest BCUT2D eigenvalue weighted by molar-refractivity contribution is 5.71. The maximum Gasteiger partial charge on any atom is 0.186 e. The molecule has 0 amide bonds. The zero-order valence-corrected chi connectivity index (χ0v) is 20.0. The average Bonchev–Trinajstić information content (AvgIpc) is 2.89. The maximum absolute atomic E-state index is 14.9. The van der Waals surface area contributed by atoms with Crippen LogP contribution in [0.1, 0.15) is 50.0 Å². The summed E-state index contributed by atoms with van der Waals surface area (Å²) >= 11 is 0. The first-order chi connectivity index (χ1) is 17.0. The summed E-state index contributed by atoms with van der Waals surface area (Å²) < 4.78 is 55.6. The van der Waals surface area contributed by atoms with Crippen molar-refractivity contribution >= 4 is 0 Å². The van der Waals surface area contributed by atoms with Gasteiger partial charge in [-0.2, -0.15) is 0 Å². The molecular weight excluding hydrogens is 449 g/mol. The van der Waals surface area contributed by atoms with Crippen molar-refractivity contribution in [2.24, 2.45) is 5.92 Å². The van der Waals surface area contributed by atoms with E-state index in [4.69, 9.17) is 9.47 Å². The minimum absolute atomic E-state index is 0.216. The Balaban J connectivity index is 1.47. The summed E-state index contributed by atoms with van der Waals surface area (Å²) in [4.78, 5) is 0. The van der Waals surface area contributed by atoms with Crippen molar-refractivity contribution in [2.75, 3.05) is 13.2 Å². The molecule has 184 valence electrons. The second-order valence-corrected chi connectivity index (χ2v) is 9.05. The smallest absolute Gasteiger partial charge is 0.186 e. The first kappa shape index (κ1) is 25.2. The molecule has 1 fully saturated rings. The third kappa shape index (κ3) is 5.85. The summed E-state index contributed by atoms with van der Waals surface area (Å²) in [5, 5.41) is 0. The Labute approximate surface area is 205 Å². The van der Waals surface area contributed by atoms with E-state index in [0.29, 0.717) is 41.9 Å². The third-order valence-corrected chi connectivity index (χ3v) is 6.49. The van der Waals surface area contributed by atoms with E-state index in [-0.39, 0.29) is 11.5 Å². The van der Waals surface area contributed by atoms with Gasteiger partial charge < -0.3 is 9.47 Å². The van der Waals surface area contributed by atoms with Gasteiger partial charge in [0.25, 0.3) is 0 Å². The third-order valence-electron chi connectivity index (χ3n) is 6.49. The van der Waals surface area contributed by atoms with E-state index < -0.39 is 23.7 Å². The van der Waals surface area contributed by atoms with Crippen molar-refractivity contribution in [3.05, 3.63) is 95.8 Å². The lowest BCUT2D eigenvalue weighted by Gasteiger charge is -2.29. The summed E-state index contributed by atoms with van der Waals surface area (Å²) in [5.74, 6) is -1.73. The van der Waals surface area contributed by atoms with Gasteiger partial charge in [0, 0.05) is 17.0 Å². The summed E-state index contributed by atoms with van der Waals surface area (Å²) in [6, 6.07) is 15.2. The number of halogens is 3. The van der Waals surface area contributed by atoms with Gasteiger partial charge in [-0.25, -0.2) is 13.2 Å². The molecule has 4 rings (SSSR count). The second kappa shape index (κ2) is 11.7. The van der Waals surface area contributed by atoms with Crippen molar-refractivity contribution in [3.63, 3.8) is 0 Å². The first-order valence-electron chi connectivity index (χ1n) is 12.2. The molecule has 2 nitrogen and oxygen atoms in total. The Kier molecular flexibility index (Phi) is 8.42. The summed E-state index contributed by atoms with van der Waals surface area (Å²) in [6.45, 7) is 6.80. The van der Waals surface area contributed by atoms with E-state index in [0.717, 1.165) is 31.2 Å². The molecule has 3 aromatic rings. The summed E-state index contributed by atoms with van der Waals surface area (Å²) in [5.41, 5.74) is 3.01. The largest absolute Gasteiger partial charge is 0.348 e. The number of benzene rings is 3. The quantitative estimate of drug-likeness (QED) is 0.286. The standard InChI is InChI=1S/C30H31F3O2/c1-3-5-7-20-18-34-30(35-19-20)26-16-14-24(17-27(26)31)21-9-11-22(12-10-21)25-15-13-23(8-6-4-2)28(32)29(25)33/h3,9-17,20,30H,1,4-8,18-19H2,2H3. The molecule has 5 heteroatoms. The Hall–Kier alpha value is -2.89. The van der Waals surface area contributed by atoms with Crippen LogP contribution < -0.4 is 0 Å². The van der Waals surface area contributed by atoms with Gasteiger partial charge in [0.05, 0.1) is 13.2 Å². The molecule has 3 aromatic carbocycles. The molecule has 0 radical (unpaired) electrons. The highest BCUT2D eigenvalue weighted by Crippen LogP contribution is 2.33. The summed E-state index contributed by atoms with van der Waals surface area (Å²) in [6.07, 6.45) is 5.24. The zero-order chi connectivity index (χ0) is 24.8. The number of aryl methyl sites for hydroxylation is 1. The van der Waals surface area contributed by atoms with E-state index in [1.165, 1.54) is 6.07 Å². The van der Waals surface area contributed by atoms with E-state index >= 15 is 0 Å². The molecule has 1 saturated heterocycles. The van der Waals surface area contributed by atoms with Gasteiger partial charge >= 0.3 is 0 Å². The maximum atomic E-state index is 14.9. The predicted molar refractivity (Wildman–Crippen MR) is 133 cm³/mol. The van der Waals surface area contributed by atoms with Crippen LogP contribution in [0, 0.1) is 23.4 Å². The van der Waals surface area contributed by atoms with Crippen LogP contribution in [-0.4, -0.2) is 13.2 Å². The monoisotopic (exact) mass is 480 g/mol. The number of unbranched alkanes of at least 4 members (excludes halogenated alkanes) is 1. The van der Waals surface area contributed by atoms with Crippen molar-refractivity contribution in [2.45, 2.75) is 45.3 Å². The highest BCUT2D eigenvalue weighted by Gasteiger charge is 2.25. The molecule has 1 heterocycles. The van der Waals surface area contributed by atoms with Gasteiger partial charge in [-0.1, -0.05) is 68.0 Å². The number of hydrogen-bond donors (Lipinski definition) is 0. The van der Waals surface area contributed by atoms with Gasteiger partial charge in [0.1, 0.15) is 5.82 Å². The fourth-order valence-corrected chi connectivity index (χ4v) is 4.36. The van der Waals surface area contributed by atoms with Gasteiger partial charge in [0.15, 0.2) is 17.9 Å². The SMILES string of the molecule is C=CCCC1COC(c2ccc(-c3ccc(-c4ccc(CCCC)c(F)c4F)cc3)cc2F)OC1. The Morgan fingerprint density at radius 2 is 1.57 bits per heavy atom. The van der Waals surface area contributed by atoms with Gasteiger partial charge in [-0.3, -0.25) is 0 Å². The van der Waals surface area contributed by atoms with Crippen LogP contribution >= 0.6 is 0 Å². The van der Waals surface area contributed by atoms with Crippen molar-refractivity contribution in [1.82, 2.24) is 0 Å². The van der Waals surface area contributed by atoms with Crippen LogP contribution in [-0.2, 0) is 15.9 Å². The molecule has 0 spiro atoms. The molecular formula is C30H31F3O2. The van der Waals surface area contributed by atoms with E-state index in [1.807, 2.05) is 19.1 Å². The molecule has 35 heavy (non-hydrogen) atoms. The number of allylic oxidation sites excluding steroid dienone is 1. The Bertz CT molecular complexity index is 1150. The topological polar surface area (TPSA) is 18.5 Å². The predicted octanol–water partition coefficient (Wildman–Crippen LogP) is 8.41. The molecule has 0 atom stereocenters. The van der Waals surface area contributed by atoms with Crippen molar-refractivity contribution in [1.29, 1.82) is 0 Å². The van der Waals surface area contributed by atoms with Gasteiger partial charge in [-0.05, 0) is 54.0 Å². The Morgan fingerprint density at radius 1 is 0.886 bits per heavy atom. The fraction of sp³-hybridized carbons (Fsp3) is 0.333.